The van der Waals surface area contributed by atoms with Crippen LogP contribution in [0.4, 0.5) is 0 Å². The van der Waals surface area contributed by atoms with Crippen molar-refractivity contribution < 1.29 is 9.90 Å². The van der Waals surface area contributed by atoms with Crippen molar-refractivity contribution in [2.24, 2.45) is 0 Å². The highest BCUT2D eigenvalue weighted by molar-refractivity contribution is 6.28. The maximum Gasteiger partial charge on any atom is 0.150 e. The molecule has 10 aromatic rings. The van der Waals surface area contributed by atoms with Crippen LogP contribution in [0.3, 0.4) is 0 Å². The normalized spacial score (nSPS) is 12.4. The van der Waals surface area contributed by atoms with E-state index in [4.69, 9.17) is 0 Å². The molecule has 0 saturated heterocycles. The number of rotatable bonds is 4. The van der Waals surface area contributed by atoms with Crippen LogP contribution in [0.2, 0.25) is 0 Å². The number of fused-ring (bicyclic) bond motifs is 4. The van der Waals surface area contributed by atoms with Crippen LogP contribution in [0.5, 0.6) is 0 Å². The van der Waals surface area contributed by atoms with Crippen molar-refractivity contribution in [1.82, 2.24) is 0 Å². The highest BCUT2D eigenvalue weighted by Gasteiger charge is 2.20. The van der Waals surface area contributed by atoms with Crippen LogP contribution in [0.25, 0.3) is 97.7 Å². The second kappa shape index (κ2) is 11.2. The van der Waals surface area contributed by atoms with E-state index in [0.29, 0.717) is 5.56 Å². The van der Waals surface area contributed by atoms with E-state index >= 15 is 0 Å². The highest BCUT2D eigenvalue weighted by Crippen LogP contribution is 2.46. The van der Waals surface area contributed by atoms with Crippen LogP contribution in [0.1, 0.15) is 42.3 Å². The zero-order valence-corrected chi connectivity index (χ0v) is 29.4. The van der Waals surface area contributed by atoms with E-state index in [1.807, 2.05) is 24.3 Å². The van der Waals surface area contributed by atoms with Crippen molar-refractivity contribution in [3.63, 3.8) is 0 Å². The fourth-order valence-electron chi connectivity index (χ4n) is 8.40. The smallest absolute Gasteiger partial charge is 0.150 e. The molecule has 0 spiro atoms. The Bertz CT molecular complexity index is 3090. The van der Waals surface area contributed by atoms with E-state index in [1.54, 1.807) is 0 Å². The lowest BCUT2D eigenvalue weighted by Crippen LogP contribution is -2.10. The lowest BCUT2D eigenvalue weighted by atomic mass is 9.81. The summed E-state index contributed by atoms with van der Waals surface area (Å²) in [7, 11) is 0. The molecule has 0 aliphatic heterocycles. The lowest BCUT2D eigenvalue weighted by Gasteiger charge is -2.23. The SMILES string of the molecule is CC(C)(C)c1cc2ccc3c(-c4ccc5cc6cc(C=O)ccc6cc5c4)cc(-c4ccc5cc6cc(CO)ccc6cc5c4)c4ccc(c1)c2c34. The Morgan fingerprint density at radius 1 is 0.462 bits per heavy atom. The van der Waals surface area contributed by atoms with Crippen LogP contribution in [-0.4, -0.2) is 11.4 Å². The quantitative estimate of drug-likeness (QED) is 0.115. The van der Waals surface area contributed by atoms with Gasteiger partial charge in [-0.2, -0.15) is 0 Å². The van der Waals surface area contributed by atoms with E-state index in [2.05, 4.69) is 136 Å². The molecule has 0 aromatic heterocycles. The molecule has 0 amide bonds. The zero-order chi connectivity index (χ0) is 35.3. The molecule has 52 heavy (non-hydrogen) atoms. The lowest BCUT2D eigenvalue weighted by molar-refractivity contribution is 0.112. The predicted molar refractivity (Wildman–Crippen MR) is 221 cm³/mol. The third-order valence-electron chi connectivity index (χ3n) is 11.2. The third kappa shape index (κ3) is 4.79. The number of carbonyl (C=O) groups excluding carboxylic acids is 1. The van der Waals surface area contributed by atoms with Gasteiger partial charge in [0.1, 0.15) is 6.29 Å². The standard InChI is InChI=1S/C50H36O2/c1-50(2,3)43-24-37-12-14-44-46(35-10-8-33-18-39-16-29(27-51)4-6-31(39)20-41(33)22-35)26-47(45-15-13-38(25-43)48(37)49(44)45)36-11-9-34-19-40-17-30(28-52)5-7-32(40)21-42(34)23-36/h4-27,52H,28H2,1-3H3. The van der Waals surface area contributed by atoms with E-state index in [9.17, 15) is 9.90 Å². The zero-order valence-electron chi connectivity index (χ0n) is 29.4. The van der Waals surface area contributed by atoms with Gasteiger partial charge in [-0.1, -0.05) is 106 Å². The van der Waals surface area contributed by atoms with Gasteiger partial charge in [0.05, 0.1) is 6.61 Å². The predicted octanol–water partition coefficient (Wildman–Crippen LogP) is 13.1. The summed E-state index contributed by atoms with van der Waals surface area (Å²) in [5.74, 6) is 0. The van der Waals surface area contributed by atoms with Gasteiger partial charge in [0.25, 0.3) is 0 Å². The van der Waals surface area contributed by atoms with E-state index in [-0.39, 0.29) is 12.0 Å². The molecule has 0 radical (unpaired) electrons. The first-order chi connectivity index (χ1) is 25.2. The maximum absolute atomic E-state index is 11.5. The van der Waals surface area contributed by atoms with Gasteiger partial charge in [-0.15, -0.1) is 0 Å². The number of hydrogen-bond acceptors (Lipinski definition) is 2. The molecular formula is C50H36O2. The van der Waals surface area contributed by atoms with Gasteiger partial charge in [0, 0.05) is 5.56 Å². The van der Waals surface area contributed by atoms with Crippen LogP contribution in [-0.2, 0) is 12.0 Å². The van der Waals surface area contributed by atoms with Crippen LogP contribution >= 0.6 is 0 Å². The van der Waals surface area contributed by atoms with Crippen LogP contribution < -0.4 is 0 Å². The molecule has 0 aliphatic carbocycles. The van der Waals surface area contributed by atoms with Gasteiger partial charge >= 0.3 is 0 Å². The summed E-state index contributed by atoms with van der Waals surface area (Å²) in [5, 5.41) is 26.6. The molecule has 2 nitrogen and oxygen atoms in total. The first kappa shape index (κ1) is 30.7. The maximum atomic E-state index is 11.5. The van der Waals surface area contributed by atoms with Gasteiger partial charge in [-0.05, 0) is 169 Å². The largest absolute Gasteiger partial charge is 0.392 e. The minimum Gasteiger partial charge on any atom is -0.392 e. The molecule has 1 N–H and O–H groups in total. The second-order valence-electron chi connectivity index (χ2n) is 15.5. The van der Waals surface area contributed by atoms with Crippen LogP contribution in [0, 0.1) is 0 Å². The van der Waals surface area contributed by atoms with E-state index < -0.39 is 0 Å². The average molecular weight is 669 g/mol. The van der Waals surface area contributed by atoms with Crippen molar-refractivity contribution in [3.8, 4) is 22.3 Å². The highest BCUT2D eigenvalue weighted by atomic mass is 16.3. The van der Waals surface area contributed by atoms with Gasteiger partial charge in [0.2, 0.25) is 0 Å². The van der Waals surface area contributed by atoms with Crippen molar-refractivity contribution in [2.45, 2.75) is 32.8 Å². The Kier molecular flexibility index (Phi) is 6.62. The fourth-order valence-corrected chi connectivity index (χ4v) is 8.40. The monoisotopic (exact) mass is 668 g/mol. The summed E-state index contributed by atoms with van der Waals surface area (Å²) in [4.78, 5) is 11.5. The first-order valence-corrected chi connectivity index (χ1v) is 18.0. The number of benzene rings is 10. The van der Waals surface area contributed by atoms with Crippen molar-refractivity contribution >= 4 is 81.7 Å². The van der Waals surface area contributed by atoms with E-state index in [1.165, 1.54) is 81.7 Å². The van der Waals surface area contributed by atoms with Crippen molar-refractivity contribution in [3.05, 3.63) is 156 Å². The average Bonchev–Trinajstić information content (AvgIpc) is 3.16. The van der Waals surface area contributed by atoms with Crippen LogP contribution in [0.15, 0.2) is 140 Å². The summed E-state index contributed by atoms with van der Waals surface area (Å²) >= 11 is 0. The molecule has 0 aliphatic rings. The molecule has 0 saturated carbocycles. The summed E-state index contributed by atoms with van der Waals surface area (Å²) < 4.78 is 0. The molecule has 0 heterocycles. The number of hydrogen-bond donors (Lipinski definition) is 1. The topological polar surface area (TPSA) is 37.3 Å². The summed E-state index contributed by atoms with van der Waals surface area (Å²) in [6.45, 7) is 6.90. The Labute approximate surface area is 301 Å². The Morgan fingerprint density at radius 3 is 1.46 bits per heavy atom. The third-order valence-corrected chi connectivity index (χ3v) is 11.2. The Balaban J connectivity index is 1.25. The molecule has 0 unspecified atom stereocenters. The number of aliphatic hydroxyl groups is 1. The molecule has 10 rings (SSSR count). The van der Waals surface area contributed by atoms with Gasteiger partial charge in [-0.3, -0.25) is 4.79 Å². The number of aliphatic hydroxyl groups excluding tert-OH is 1. The number of aldehydes is 1. The molecule has 2 heteroatoms. The first-order valence-electron chi connectivity index (χ1n) is 18.0. The van der Waals surface area contributed by atoms with Gasteiger partial charge in [-0.25, -0.2) is 0 Å². The van der Waals surface area contributed by atoms with Crippen molar-refractivity contribution in [1.29, 1.82) is 0 Å². The number of carbonyl (C=O) groups is 1. The second-order valence-corrected chi connectivity index (χ2v) is 15.5. The van der Waals surface area contributed by atoms with Crippen molar-refractivity contribution in [2.75, 3.05) is 0 Å². The van der Waals surface area contributed by atoms with Gasteiger partial charge in [0.15, 0.2) is 0 Å². The van der Waals surface area contributed by atoms with E-state index in [0.717, 1.165) is 33.4 Å². The molecule has 248 valence electrons. The summed E-state index contributed by atoms with van der Waals surface area (Å²) in [6.07, 6.45) is 0.910. The molecule has 0 bridgehead atoms. The fraction of sp³-hybridized carbons (Fsp3) is 0.100. The molecule has 10 aromatic carbocycles. The minimum absolute atomic E-state index is 0.0392. The molecule has 0 fully saturated rings. The molecule has 0 atom stereocenters. The Morgan fingerprint density at radius 2 is 0.942 bits per heavy atom. The summed E-state index contributed by atoms with van der Waals surface area (Å²) in [5.41, 5.74) is 7.79. The molecular weight excluding hydrogens is 633 g/mol. The minimum atomic E-state index is 0.0392. The van der Waals surface area contributed by atoms with Gasteiger partial charge < -0.3 is 5.11 Å². The Hall–Kier alpha value is -6.09. The summed E-state index contributed by atoms with van der Waals surface area (Å²) in [6, 6.07) is 51.1.